The van der Waals surface area contributed by atoms with Crippen LogP contribution in [0.25, 0.3) is 0 Å². The summed E-state index contributed by atoms with van der Waals surface area (Å²) in [5, 5.41) is 8.81. The molecule has 0 heterocycles. The Labute approximate surface area is 81.9 Å². The Balaban J connectivity index is 2.91. The summed E-state index contributed by atoms with van der Waals surface area (Å²) in [6, 6.07) is 0. The number of allylic oxidation sites excluding steroid dienone is 2. The van der Waals surface area contributed by atoms with Crippen molar-refractivity contribution in [2.24, 2.45) is 0 Å². The molecule has 76 valence electrons. The highest BCUT2D eigenvalue weighted by molar-refractivity contribution is 6.01. The van der Waals surface area contributed by atoms with Crippen LogP contribution in [0.3, 0.4) is 0 Å². The van der Waals surface area contributed by atoms with Gasteiger partial charge in [0, 0.05) is 20.0 Å². The molecule has 1 atom stereocenters. The van der Waals surface area contributed by atoms with Crippen LogP contribution >= 0.6 is 0 Å². The Morgan fingerprint density at radius 3 is 2.79 bits per heavy atom. The van der Waals surface area contributed by atoms with Crippen molar-refractivity contribution in [3.8, 4) is 0 Å². The molecule has 1 N–H and O–H groups in total. The molecule has 0 spiro atoms. The van der Waals surface area contributed by atoms with E-state index in [1.54, 1.807) is 12.2 Å². The van der Waals surface area contributed by atoms with Crippen molar-refractivity contribution in [3.63, 3.8) is 0 Å². The molecule has 0 aromatic carbocycles. The number of ketones is 1. The Kier molecular flexibility index (Phi) is 3.19. The van der Waals surface area contributed by atoms with Gasteiger partial charge in [-0.15, -0.1) is 0 Å². The molecule has 1 aliphatic rings. The first-order chi connectivity index (χ1) is 6.60. The van der Waals surface area contributed by atoms with Gasteiger partial charge >= 0.3 is 5.97 Å². The van der Waals surface area contributed by atoms with Gasteiger partial charge in [-0.2, -0.15) is 0 Å². The van der Waals surface area contributed by atoms with Gasteiger partial charge in [-0.05, 0) is 12.2 Å². The molecular formula is C10H12O4. The summed E-state index contributed by atoms with van der Waals surface area (Å²) in [6.07, 6.45) is 6.11. The standard InChI is InChI=1S/C10H12O4/c1-8(12)14-10(6-7-11)5-3-2-4-9(10)13/h2-5,11H,6-7H2,1H3. The van der Waals surface area contributed by atoms with Crippen LogP contribution in [0.5, 0.6) is 0 Å². The van der Waals surface area contributed by atoms with Gasteiger partial charge in [-0.3, -0.25) is 9.59 Å². The summed E-state index contributed by atoms with van der Waals surface area (Å²) in [4.78, 5) is 22.3. The number of esters is 1. The Hall–Kier alpha value is -1.42. The van der Waals surface area contributed by atoms with Gasteiger partial charge in [0.25, 0.3) is 0 Å². The maximum atomic E-state index is 11.5. The minimum absolute atomic E-state index is 0.0895. The molecule has 0 aliphatic heterocycles. The summed E-state index contributed by atoms with van der Waals surface area (Å²) < 4.78 is 4.94. The predicted molar refractivity (Wildman–Crippen MR) is 49.5 cm³/mol. The third-order valence-electron chi connectivity index (χ3n) is 1.95. The summed E-state index contributed by atoms with van der Waals surface area (Å²) in [5.74, 6) is -0.851. The minimum atomic E-state index is -1.30. The lowest BCUT2D eigenvalue weighted by Crippen LogP contribution is -2.42. The summed E-state index contributed by atoms with van der Waals surface area (Å²) in [5.41, 5.74) is -1.30. The van der Waals surface area contributed by atoms with Gasteiger partial charge in [0.1, 0.15) is 0 Å². The fourth-order valence-corrected chi connectivity index (χ4v) is 1.34. The van der Waals surface area contributed by atoms with Crippen molar-refractivity contribution in [2.45, 2.75) is 18.9 Å². The van der Waals surface area contributed by atoms with Crippen LogP contribution < -0.4 is 0 Å². The smallest absolute Gasteiger partial charge is 0.303 e. The van der Waals surface area contributed by atoms with E-state index in [-0.39, 0.29) is 18.8 Å². The molecule has 4 heteroatoms. The van der Waals surface area contributed by atoms with Crippen molar-refractivity contribution >= 4 is 11.8 Å². The van der Waals surface area contributed by atoms with Crippen LogP contribution in [0.2, 0.25) is 0 Å². The fraction of sp³-hybridized carbons (Fsp3) is 0.400. The monoisotopic (exact) mass is 196 g/mol. The van der Waals surface area contributed by atoms with E-state index in [9.17, 15) is 9.59 Å². The van der Waals surface area contributed by atoms with Crippen LogP contribution in [-0.2, 0) is 14.3 Å². The first-order valence-electron chi connectivity index (χ1n) is 4.31. The third kappa shape index (κ3) is 2.09. The van der Waals surface area contributed by atoms with Gasteiger partial charge in [0.2, 0.25) is 5.78 Å². The van der Waals surface area contributed by atoms with Gasteiger partial charge in [-0.1, -0.05) is 12.2 Å². The Bertz CT molecular complexity index is 303. The second kappa shape index (κ2) is 4.19. The van der Waals surface area contributed by atoms with Crippen molar-refractivity contribution in [1.82, 2.24) is 0 Å². The molecule has 0 aromatic rings. The van der Waals surface area contributed by atoms with Crippen molar-refractivity contribution in [1.29, 1.82) is 0 Å². The molecule has 1 aliphatic carbocycles. The summed E-state index contributed by atoms with van der Waals surface area (Å²) >= 11 is 0. The van der Waals surface area contributed by atoms with Crippen LogP contribution in [-0.4, -0.2) is 29.1 Å². The van der Waals surface area contributed by atoms with Crippen LogP contribution in [0, 0.1) is 0 Å². The molecular weight excluding hydrogens is 184 g/mol. The SMILES string of the molecule is CC(=O)OC1(CCO)C=CC=CC1=O. The molecule has 0 fully saturated rings. The number of rotatable bonds is 3. The molecule has 0 aromatic heterocycles. The van der Waals surface area contributed by atoms with Crippen LogP contribution in [0.4, 0.5) is 0 Å². The largest absolute Gasteiger partial charge is 0.446 e. The van der Waals surface area contributed by atoms with Gasteiger partial charge in [-0.25, -0.2) is 0 Å². The van der Waals surface area contributed by atoms with E-state index in [0.29, 0.717) is 0 Å². The van der Waals surface area contributed by atoms with E-state index >= 15 is 0 Å². The highest BCUT2D eigenvalue weighted by atomic mass is 16.6. The van der Waals surface area contributed by atoms with Crippen molar-refractivity contribution < 1.29 is 19.4 Å². The molecule has 4 nitrogen and oxygen atoms in total. The predicted octanol–water partition coefficient (Wildman–Crippen LogP) is 0.366. The third-order valence-corrected chi connectivity index (χ3v) is 1.95. The lowest BCUT2D eigenvalue weighted by Gasteiger charge is -2.28. The molecule has 0 bridgehead atoms. The first kappa shape index (κ1) is 10.7. The molecule has 1 unspecified atom stereocenters. The summed E-state index contributed by atoms with van der Waals surface area (Å²) in [6.45, 7) is 1.02. The maximum Gasteiger partial charge on any atom is 0.303 e. The normalized spacial score (nSPS) is 25.1. The first-order valence-corrected chi connectivity index (χ1v) is 4.31. The number of carbonyl (C=O) groups is 2. The average molecular weight is 196 g/mol. The fourth-order valence-electron chi connectivity index (χ4n) is 1.34. The molecule has 0 saturated carbocycles. The van der Waals surface area contributed by atoms with E-state index < -0.39 is 11.6 Å². The molecule has 0 radical (unpaired) electrons. The van der Waals surface area contributed by atoms with E-state index in [4.69, 9.17) is 9.84 Å². The topological polar surface area (TPSA) is 63.6 Å². The lowest BCUT2D eigenvalue weighted by atomic mass is 9.90. The maximum absolute atomic E-state index is 11.5. The van der Waals surface area contributed by atoms with Crippen LogP contribution in [0.15, 0.2) is 24.3 Å². The number of ether oxygens (including phenoxy) is 1. The quantitative estimate of drug-likeness (QED) is 0.662. The zero-order valence-electron chi connectivity index (χ0n) is 7.90. The Morgan fingerprint density at radius 1 is 1.57 bits per heavy atom. The highest BCUT2D eigenvalue weighted by Crippen LogP contribution is 2.23. The molecule has 0 amide bonds. The highest BCUT2D eigenvalue weighted by Gasteiger charge is 2.37. The number of carbonyl (C=O) groups excluding carboxylic acids is 2. The van der Waals surface area contributed by atoms with Crippen molar-refractivity contribution in [2.75, 3.05) is 6.61 Å². The number of aliphatic hydroxyl groups excluding tert-OH is 1. The van der Waals surface area contributed by atoms with Crippen LogP contribution in [0.1, 0.15) is 13.3 Å². The Morgan fingerprint density at radius 2 is 2.29 bits per heavy atom. The average Bonchev–Trinajstić information content (AvgIpc) is 2.09. The lowest BCUT2D eigenvalue weighted by molar-refractivity contribution is -0.159. The zero-order valence-corrected chi connectivity index (χ0v) is 7.90. The van der Waals surface area contributed by atoms with E-state index in [0.717, 1.165) is 0 Å². The molecule has 1 rings (SSSR count). The van der Waals surface area contributed by atoms with E-state index in [1.807, 2.05) is 0 Å². The second-order valence-electron chi connectivity index (χ2n) is 3.04. The van der Waals surface area contributed by atoms with Gasteiger partial charge < -0.3 is 9.84 Å². The van der Waals surface area contributed by atoms with Crippen molar-refractivity contribution in [3.05, 3.63) is 24.3 Å². The van der Waals surface area contributed by atoms with E-state index in [2.05, 4.69) is 0 Å². The minimum Gasteiger partial charge on any atom is -0.446 e. The number of aliphatic hydroxyl groups is 1. The second-order valence-corrected chi connectivity index (χ2v) is 3.04. The number of hydrogen-bond donors (Lipinski definition) is 1. The number of hydrogen-bond acceptors (Lipinski definition) is 4. The summed E-state index contributed by atoms with van der Waals surface area (Å²) in [7, 11) is 0. The van der Waals surface area contributed by atoms with Gasteiger partial charge in [0.05, 0.1) is 0 Å². The molecule has 0 saturated heterocycles. The molecule has 14 heavy (non-hydrogen) atoms. The van der Waals surface area contributed by atoms with Gasteiger partial charge in [0.15, 0.2) is 5.60 Å². The van der Waals surface area contributed by atoms with E-state index in [1.165, 1.54) is 19.1 Å². The zero-order chi connectivity index (χ0) is 10.6.